The van der Waals surface area contributed by atoms with E-state index in [1.54, 1.807) is 66.8 Å². The van der Waals surface area contributed by atoms with E-state index in [0.717, 1.165) is 34.5 Å². The smallest absolute Gasteiger partial charge is 0.394 e. The van der Waals surface area contributed by atoms with Crippen LogP contribution in [-0.4, -0.2) is 139 Å². The molecule has 3 amide bonds. The van der Waals surface area contributed by atoms with E-state index in [1.165, 1.54) is 17.2 Å². The second-order valence-corrected chi connectivity index (χ2v) is 22.9. The molecule has 408 valence electrons. The summed E-state index contributed by atoms with van der Waals surface area (Å²) in [5.41, 5.74) is 3.16. The number of carbonyl (C=O) groups excluding carboxylic acids is 3. The number of likely N-dealkylation sites (tertiary alicyclic amines) is 2. The van der Waals surface area contributed by atoms with E-state index in [-0.39, 0.29) is 79.3 Å². The second kappa shape index (κ2) is 21.7. The summed E-state index contributed by atoms with van der Waals surface area (Å²) in [7, 11) is 0. The number of aliphatic hydroxyl groups excluding tert-OH is 1. The summed E-state index contributed by atoms with van der Waals surface area (Å²) in [6.07, 6.45) is -1.54. The number of thiazole rings is 1. The number of aliphatic hydroxyl groups is 1. The number of aromatic amines is 1. The molecule has 8 atom stereocenters. The van der Waals surface area contributed by atoms with Gasteiger partial charge in [-0.25, -0.2) is 9.37 Å². The zero-order valence-corrected chi connectivity index (χ0v) is 44.3. The predicted molar refractivity (Wildman–Crippen MR) is 284 cm³/mol. The molecule has 2 bridgehead atoms. The molecule has 22 heteroatoms. The van der Waals surface area contributed by atoms with Gasteiger partial charge >= 0.3 is 12.2 Å². The summed E-state index contributed by atoms with van der Waals surface area (Å²) in [6.45, 7) is 9.61. The SMILES string of the molecule is Cc1ncsc1-c1ccc([C@H](C)NC(=O)[C@@H]2C[C@@H](O)CN2C(=O)[C@@H](NC(=O)CCCCN2C[C@@H](C(F)(F)F)[C@H]2COc2nc(N3CC4CCC(C3)N4)c3cnc(-c4[nH]c(=O)cc5ccccc45)c(F)c3n2)C(C)(C)C)cc1. The van der Waals surface area contributed by atoms with Gasteiger partial charge in [0.2, 0.25) is 23.3 Å². The van der Waals surface area contributed by atoms with Gasteiger partial charge in [-0.3, -0.25) is 29.1 Å². The molecule has 10 rings (SSSR count). The Balaban J connectivity index is 0.785. The van der Waals surface area contributed by atoms with E-state index in [1.807, 2.05) is 43.0 Å². The summed E-state index contributed by atoms with van der Waals surface area (Å²) in [5.74, 6) is -3.62. The Bertz CT molecular complexity index is 3230. The highest BCUT2D eigenvalue weighted by atomic mass is 32.1. The number of pyridine rings is 2. The molecule has 4 fully saturated rings. The number of β-amino-alcohol motifs (C(OH)–C–C–N with tert-alkyl or cyclic N) is 1. The Morgan fingerprint density at radius 1 is 0.948 bits per heavy atom. The lowest BCUT2D eigenvalue weighted by atomic mass is 9.85. The van der Waals surface area contributed by atoms with Gasteiger partial charge in [0.1, 0.15) is 35.7 Å². The van der Waals surface area contributed by atoms with Crippen LogP contribution in [0.15, 0.2) is 71.1 Å². The van der Waals surface area contributed by atoms with E-state index < -0.39 is 83.5 Å². The van der Waals surface area contributed by atoms with E-state index in [2.05, 4.69) is 35.9 Å². The maximum absolute atomic E-state index is 16.9. The number of alkyl halides is 3. The van der Waals surface area contributed by atoms with Crippen LogP contribution in [0.2, 0.25) is 0 Å². The number of unbranched alkanes of at least 4 members (excludes halogenated alkanes) is 1. The first kappa shape index (κ1) is 53.8. The minimum absolute atomic E-state index is 0.0255. The number of nitrogens with one attached hydrogen (secondary N) is 4. The number of aryl methyl sites for hydroxylation is 1. The van der Waals surface area contributed by atoms with Crippen molar-refractivity contribution in [2.24, 2.45) is 11.3 Å². The lowest BCUT2D eigenvalue weighted by molar-refractivity contribution is -0.234. The zero-order chi connectivity index (χ0) is 54.5. The van der Waals surface area contributed by atoms with Gasteiger partial charge in [0, 0.05) is 68.8 Å². The zero-order valence-electron chi connectivity index (χ0n) is 43.5. The molecule has 0 saturated carbocycles. The van der Waals surface area contributed by atoms with Crippen LogP contribution < -0.4 is 31.1 Å². The number of H-pyrrole nitrogens is 1. The van der Waals surface area contributed by atoms with Crippen LogP contribution in [0, 0.1) is 24.1 Å². The van der Waals surface area contributed by atoms with Crippen molar-refractivity contribution in [2.75, 3.05) is 44.2 Å². The monoisotopic (exact) mass is 1080 g/mol. The number of halogens is 4. The number of hydrogen-bond donors (Lipinski definition) is 5. The Hall–Kier alpha value is -6.62. The number of aromatic nitrogens is 5. The standard InChI is InChI=1S/C55H63F4N11O6S/c1-29(31-13-15-32(16-14-31)48-30(2)61-28-77-48)62-51(74)40-21-36(71)25-70(40)52(75)49(54(3,4)5)65-42(72)12-8-9-19-68-26-39(55(57,58)59)41(68)27-76-53-66-45-38(50(67-53)69-23-34-17-18-35(24-69)63-34)22-60-47(44(45)56)46-37-11-7-6-10-33(37)20-43(73)64-46/h6-7,10-11,13-16,20,22,28-29,34-36,39-41,49,63,71H,8-9,12,17-19,21,23-27H2,1-5H3,(H,62,74)(H,64,73)(H,65,72)/t29-,34?,35?,36+,39+,40-,41+,49+/m0/s1. The lowest BCUT2D eigenvalue weighted by Crippen LogP contribution is -2.63. The minimum Gasteiger partial charge on any atom is -0.462 e. The highest BCUT2D eigenvalue weighted by Crippen LogP contribution is 2.41. The van der Waals surface area contributed by atoms with Crippen molar-refractivity contribution in [2.45, 2.75) is 122 Å². The van der Waals surface area contributed by atoms with Crippen LogP contribution in [0.1, 0.15) is 83.5 Å². The van der Waals surface area contributed by atoms with Gasteiger partial charge in [0.05, 0.1) is 51.3 Å². The number of hydrogen-bond acceptors (Lipinski definition) is 14. The average Bonchev–Trinajstić information content (AvgIpc) is 4.15. The van der Waals surface area contributed by atoms with Gasteiger partial charge in [-0.15, -0.1) is 11.3 Å². The number of piperazine rings is 1. The number of amides is 3. The molecule has 17 nitrogen and oxygen atoms in total. The summed E-state index contributed by atoms with van der Waals surface area (Å²) in [6, 6.07) is 12.6. The Kier molecular flexibility index (Phi) is 15.1. The summed E-state index contributed by atoms with van der Waals surface area (Å²) < 4.78 is 66.4. The van der Waals surface area contributed by atoms with Crippen LogP contribution in [0.5, 0.6) is 6.01 Å². The molecule has 77 heavy (non-hydrogen) atoms. The van der Waals surface area contributed by atoms with Gasteiger partial charge < -0.3 is 40.6 Å². The molecule has 8 heterocycles. The van der Waals surface area contributed by atoms with Crippen LogP contribution in [0.3, 0.4) is 0 Å². The average molecular weight is 1080 g/mol. The van der Waals surface area contributed by atoms with Crippen LogP contribution >= 0.6 is 11.3 Å². The minimum atomic E-state index is -4.55. The first-order chi connectivity index (χ1) is 36.7. The molecule has 4 aromatic heterocycles. The molecule has 0 spiro atoms. The molecule has 4 aliphatic heterocycles. The van der Waals surface area contributed by atoms with E-state index >= 15 is 4.39 Å². The maximum Gasteiger partial charge on any atom is 0.394 e. The summed E-state index contributed by atoms with van der Waals surface area (Å²) in [5, 5.41) is 21.6. The lowest BCUT2D eigenvalue weighted by Gasteiger charge is -2.48. The van der Waals surface area contributed by atoms with Crippen LogP contribution in [0.25, 0.3) is 43.5 Å². The number of ether oxygens (including phenoxy) is 1. The molecule has 2 aromatic carbocycles. The van der Waals surface area contributed by atoms with Crippen molar-refractivity contribution in [1.29, 1.82) is 0 Å². The third-order valence-electron chi connectivity index (χ3n) is 15.5. The van der Waals surface area contributed by atoms with Crippen molar-refractivity contribution in [3.8, 4) is 27.8 Å². The van der Waals surface area contributed by atoms with Crippen molar-refractivity contribution < 1.29 is 41.8 Å². The van der Waals surface area contributed by atoms with Crippen LogP contribution in [-0.2, 0) is 14.4 Å². The van der Waals surface area contributed by atoms with E-state index in [0.29, 0.717) is 36.1 Å². The van der Waals surface area contributed by atoms with Crippen molar-refractivity contribution in [3.63, 3.8) is 0 Å². The molecule has 0 radical (unpaired) electrons. The predicted octanol–water partition coefficient (Wildman–Crippen LogP) is 6.83. The number of anilines is 1. The third-order valence-corrected chi connectivity index (χ3v) is 16.5. The molecule has 5 N–H and O–H groups in total. The number of rotatable bonds is 16. The van der Waals surface area contributed by atoms with Gasteiger partial charge in [-0.05, 0) is 68.0 Å². The largest absolute Gasteiger partial charge is 0.462 e. The maximum atomic E-state index is 16.9. The third kappa shape index (κ3) is 11.4. The molecule has 0 aliphatic carbocycles. The molecule has 2 unspecified atom stereocenters. The fourth-order valence-electron chi connectivity index (χ4n) is 11.3. The van der Waals surface area contributed by atoms with Crippen LogP contribution in [0.4, 0.5) is 23.4 Å². The van der Waals surface area contributed by atoms with E-state index in [9.17, 15) is 37.5 Å². The second-order valence-electron chi connectivity index (χ2n) is 22.0. The summed E-state index contributed by atoms with van der Waals surface area (Å²) in [4.78, 5) is 81.0. The van der Waals surface area contributed by atoms with Gasteiger partial charge in [-0.2, -0.15) is 23.1 Å². The first-order valence-corrected chi connectivity index (χ1v) is 27.1. The van der Waals surface area contributed by atoms with Crippen molar-refractivity contribution >= 4 is 56.6 Å². The van der Waals surface area contributed by atoms with Gasteiger partial charge in [0.15, 0.2) is 5.82 Å². The van der Waals surface area contributed by atoms with Crippen molar-refractivity contribution in [3.05, 3.63) is 93.7 Å². The molecular weight excluding hydrogens is 1020 g/mol. The van der Waals surface area contributed by atoms with Crippen molar-refractivity contribution in [1.82, 2.24) is 50.7 Å². The number of benzene rings is 2. The fraction of sp³-hybridized carbons (Fsp3) is 0.491. The highest BCUT2D eigenvalue weighted by Gasteiger charge is 2.54. The summed E-state index contributed by atoms with van der Waals surface area (Å²) >= 11 is 1.54. The van der Waals surface area contributed by atoms with E-state index in [4.69, 9.17) is 9.72 Å². The highest BCUT2D eigenvalue weighted by molar-refractivity contribution is 7.13. The molecule has 4 aliphatic rings. The Labute approximate surface area is 446 Å². The fourth-order valence-corrected chi connectivity index (χ4v) is 12.1. The quantitative estimate of drug-likeness (QED) is 0.0498. The number of carbonyl (C=O) groups is 3. The number of fused-ring (bicyclic) bond motifs is 4. The normalized spacial score (nSPS) is 22.5. The molecular formula is C55H63F4N11O6S. The first-order valence-electron chi connectivity index (χ1n) is 26.2. The van der Waals surface area contributed by atoms with Gasteiger partial charge in [0.25, 0.3) is 0 Å². The van der Waals surface area contributed by atoms with Gasteiger partial charge in [-0.1, -0.05) is 69.3 Å². The topological polar surface area (TPSA) is 211 Å². The molecule has 6 aromatic rings. The Morgan fingerprint density at radius 2 is 1.69 bits per heavy atom. The Morgan fingerprint density at radius 3 is 2.39 bits per heavy atom. The number of nitrogens with zero attached hydrogens (tertiary/aromatic N) is 7. The molecule has 4 saturated heterocycles.